The highest BCUT2D eigenvalue weighted by atomic mass is 15.1. The Morgan fingerprint density at radius 2 is 2.12 bits per heavy atom. The van der Waals surface area contributed by atoms with E-state index in [9.17, 15) is 0 Å². The van der Waals surface area contributed by atoms with Crippen molar-refractivity contribution in [3.8, 4) is 0 Å². The van der Waals surface area contributed by atoms with Crippen molar-refractivity contribution in [2.75, 3.05) is 23.7 Å². The van der Waals surface area contributed by atoms with Crippen molar-refractivity contribution in [2.24, 2.45) is 11.8 Å². The van der Waals surface area contributed by atoms with E-state index in [4.69, 9.17) is 0 Å². The maximum absolute atomic E-state index is 4.41. The highest BCUT2D eigenvalue weighted by Gasteiger charge is 2.31. The molecule has 1 aliphatic rings. The zero-order chi connectivity index (χ0) is 11.5. The van der Waals surface area contributed by atoms with E-state index in [0.29, 0.717) is 5.95 Å². The van der Waals surface area contributed by atoms with Gasteiger partial charge in [-0.05, 0) is 32.1 Å². The van der Waals surface area contributed by atoms with Crippen LogP contribution in [0.5, 0.6) is 0 Å². The predicted molar refractivity (Wildman–Crippen MR) is 66.7 cm³/mol. The van der Waals surface area contributed by atoms with Gasteiger partial charge < -0.3 is 10.6 Å². The van der Waals surface area contributed by atoms with Gasteiger partial charge in [-0.3, -0.25) is 0 Å². The molecule has 0 saturated heterocycles. The lowest BCUT2D eigenvalue weighted by atomic mass is 10.3. The minimum absolute atomic E-state index is 0.717. The summed E-state index contributed by atoms with van der Waals surface area (Å²) in [4.78, 5) is 8.73. The lowest BCUT2D eigenvalue weighted by molar-refractivity contribution is 0.784. The number of nitrogens with zero attached hydrogens (tertiary/aromatic N) is 2. The average Bonchev–Trinajstić information content (AvgIpc) is 2.91. The smallest absolute Gasteiger partial charge is 0.224 e. The molecule has 2 unspecified atom stereocenters. The molecule has 2 atom stereocenters. The molecule has 1 fully saturated rings. The number of aryl methyl sites for hydroxylation is 1. The SMILES string of the molecule is CCNc1nc(C)cc(NCC2CC2C)n1. The fourth-order valence-corrected chi connectivity index (χ4v) is 1.82. The second-order valence-electron chi connectivity index (χ2n) is 4.60. The molecule has 0 spiro atoms. The molecule has 1 aromatic heterocycles. The van der Waals surface area contributed by atoms with Gasteiger partial charge in [0, 0.05) is 24.8 Å². The molecule has 1 heterocycles. The third-order valence-corrected chi connectivity index (χ3v) is 3.01. The number of nitrogens with one attached hydrogen (secondary N) is 2. The highest BCUT2D eigenvalue weighted by Crippen LogP contribution is 2.37. The average molecular weight is 220 g/mol. The predicted octanol–water partition coefficient (Wildman–Crippen LogP) is 2.28. The maximum Gasteiger partial charge on any atom is 0.224 e. The van der Waals surface area contributed by atoms with E-state index in [1.165, 1.54) is 6.42 Å². The van der Waals surface area contributed by atoms with Crippen LogP contribution in [0.2, 0.25) is 0 Å². The second-order valence-corrected chi connectivity index (χ2v) is 4.60. The molecule has 0 amide bonds. The first-order valence-electron chi connectivity index (χ1n) is 6.02. The van der Waals surface area contributed by atoms with Gasteiger partial charge in [0.25, 0.3) is 0 Å². The molecule has 0 aliphatic heterocycles. The molecule has 88 valence electrons. The standard InChI is InChI=1S/C12H20N4/c1-4-13-12-15-9(3)6-11(16-12)14-7-10-5-8(10)2/h6,8,10H,4-5,7H2,1-3H3,(H2,13,14,15,16). The molecule has 0 bridgehead atoms. The van der Waals surface area contributed by atoms with Crippen LogP contribution in [0.15, 0.2) is 6.07 Å². The molecule has 0 aromatic carbocycles. The minimum atomic E-state index is 0.717. The Bertz CT molecular complexity index is 364. The van der Waals surface area contributed by atoms with Crippen LogP contribution in [0.1, 0.15) is 26.0 Å². The number of anilines is 2. The molecule has 1 aromatic rings. The maximum atomic E-state index is 4.41. The topological polar surface area (TPSA) is 49.8 Å². The van der Waals surface area contributed by atoms with E-state index in [0.717, 1.165) is 36.4 Å². The third kappa shape index (κ3) is 2.84. The molecule has 1 saturated carbocycles. The van der Waals surface area contributed by atoms with Crippen LogP contribution in [-0.2, 0) is 0 Å². The summed E-state index contributed by atoms with van der Waals surface area (Å²) in [5.74, 6) is 3.36. The first kappa shape index (κ1) is 11.2. The summed E-state index contributed by atoms with van der Waals surface area (Å²) >= 11 is 0. The Morgan fingerprint density at radius 3 is 2.75 bits per heavy atom. The first-order chi connectivity index (χ1) is 7.69. The summed E-state index contributed by atoms with van der Waals surface area (Å²) in [5.41, 5.74) is 0.997. The molecule has 4 nitrogen and oxygen atoms in total. The summed E-state index contributed by atoms with van der Waals surface area (Å²) < 4.78 is 0. The lowest BCUT2D eigenvalue weighted by Gasteiger charge is -2.08. The van der Waals surface area contributed by atoms with E-state index >= 15 is 0 Å². The Morgan fingerprint density at radius 1 is 1.38 bits per heavy atom. The van der Waals surface area contributed by atoms with E-state index in [1.54, 1.807) is 0 Å². The van der Waals surface area contributed by atoms with Crippen LogP contribution in [-0.4, -0.2) is 23.1 Å². The van der Waals surface area contributed by atoms with Gasteiger partial charge >= 0.3 is 0 Å². The molecular formula is C12H20N4. The largest absolute Gasteiger partial charge is 0.370 e. The normalized spacial score (nSPS) is 22.9. The Hall–Kier alpha value is -1.32. The van der Waals surface area contributed by atoms with Crippen LogP contribution >= 0.6 is 0 Å². The summed E-state index contributed by atoms with van der Waals surface area (Å²) in [6.45, 7) is 8.21. The van der Waals surface area contributed by atoms with Crippen molar-refractivity contribution < 1.29 is 0 Å². The fourth-order valence-electron chi connectivity index (χ4n) is 1.82. The van der Waals surface area contributed by atoms with Crippen molar-refractivity contribution in [3.05, 3.63) is 11.8 Å². The van der Waals surface area contributed by atoms with Gasteiger partial charge in [-0.15, -0.1) is 0 Å². The molecule has 16 heavy (non-hydrogen) atoms. The molecular weight excluding hydrogens is 200 g/mol. The van der Waals surface area contributed by atoms with Crippen molar-refractivity contribution in [3.63, 3.8) is 0 Å². The number of rotatable bonds is 5. The number of hydrogen-bond acceptors (Lipinski definition) is 4. The number of aromatic nitrogens is 2. The van der Waals surface area contributed by atoms with E-state index in [-0.39, 0.29) is 0 Å². The quantitative estimate of drug-likeness (QED) is 0.799. The van der Waals surface area contributed by atoms with Gasteiger partial charge in [0.05, 0.1) is 0 Å². The van der Waals surface area contributed by atoms with Gasteiger partial charge in [0.1, 0.15) is 5.82 Å². The van der Waals surface area contributed by atoms with Crippen LogP contribution in [0.3, 0.4) is 0 Å². The Balaban J connectivity index is 1.96. The fraction of sp³-hybridized carbons (Fsp3) is 0.667. The van der Waals surface area contributed by atoms with Crippen molar-refractivity contribution >= 4 is 11.8 Å². The zero-order valence-corrected chi connectivity index (χ0v) is 10.2. The molecule has 2 rings (SSSR count). The third-order valence-electron chi connectivity index (χ3n) is 3.01. The monoisotopic (exact) mass is 220 g/mol. The Kier molecular flexibility index (Phi) is 3.27. The van der Waals surface area contributed by atoms with Gasteiger partial charge in [0.2, 0.25) is 5.95 Å². The van der Waals surface area contributed by atoms with Crippen molar-refractivity contribution in [1.82, 2.24) is 9.97 Å². The zero-order valence-electron chi connectivity index (χ0n) is 10.2. The summed E-state index contributed by atoms with van der Waals surface area (Å²) in [5, 5.41) is 6.52. The molecule has 4 heteroatoms. The molecule has 2 N–H and O–H groups in total. The van der Waals surface area contributed by atoms with E-state index < -0.39 is 0 Å². The second kappa shape index (κ2) is 4.68. The van der Waals surface area contributed by atoms with Crippen molar-refractivity contribution in [1.29, 1.82) is 0 Å². The van der Waals surface area contributed by atoms with Crippen LogP contribution in [0.25, 0.3) is 0 Å². The van der Waals surface area contributed by atoms with Gasteiger partial charge in [-0.1, -0.05) is 6.92 Å². The lowest BCUT2D eigenvalue weighted by Crippen LogP contribution is -2.09. The van der Waals surface area contributed by atoms with Gasteiger partial charge in [-0.2, -0.15) is 4.98 Å². The molecule has 0 radical (unpaired) electrons. The molecule has 1 aliphatic carbocycles. The van der Waals surface area contributed by atoms with E-state index in [1.807, 2.05) is 19.9 Å². The van der Waals surface area contributed by atoms with Crippen molar-refractivity contribution in [2.45, 2.75) is 27.2 Å². The van der Waals surface area contributed by atoms with Crippen LogP contribution in [0.4, 0.5) is 11.8 Å². The van der Waals surface area contributed by atoms with E-state index in [2.05, 4.69) is 27.5 Å². The van der Waals surface area contributed by atoms with Crippen LogP contribution < -0.4 is 10.6 Å². The van der Waals surface area contributed by atoms with Gasteiger partial charge in [-0.25, -0.2) is 4.98 Å². The van der Waals surface area contributed by atoms with Gasteiger partial charge in [0.15, 0.2) is 0 Å². The van der Waals surface area contributed by atoms with Crippen LogP contribution in [0, 0.1) is 18.8 Å². The first-order valence-corrected chi connectivity index (χ1v) is 6.02. The minimum Gasteiger partial charge on any atom is -0.370 e. The highest BCUT2D eigenvalue weighted by molar-refractivity contribution is 5.42. The summed E-state index contributed by atoms with van der Waals surface area (Å²) in [6, 6.07) is 1.99. The Labute approximate surface area is 96.9 Å². The number of hydrogen-bond donors (Lipinski definition) is 2. The summed E-state index contributed by atoms with van der Waals surface area (Å²) in [6.07, 6.45) is 1.34. The summed E-state index contributed by atoms with van der Waals surface area (Å²) in [7, 11) is 0.